The SMILES string of the molecule is O=C(Nc1ncc2c(n1)C[C@@H](c1ccccc1)CC2=O)c1cccc(Cl)c1. The van der Waals surface area contributed by atoms with Crippen molar-refractivity contribution in [2.24, 2.45) is 0 Å². The van der Waals surface area contributed by atoms with Gasteiger partial charge < -0.3 is 0 Å². The van der Waals surface area contributed by atoms with Crippen molar-refractivity contribution in [3.8, 4) is 0 Å². The minimum atomic E-state index is -0.348. The van der Waals surface area contributed by atoms with Crippen molar-refractivity contribution in [2.75, 3.05) is 5.32 Å². The van der Waals surface area contributed by atoms with E-state index in [9.17, 15) is 9.59 Å². The highest BCUT2D eigenvalue weighted by Crippen LogP contribution is 2.31. The van der Waals surface area contributed by atoms with Crippen LogP contribution in [0, 0.1) is 0 Å². The highest BCUT2D eigenvalue weighted by atomic mass is 35.5. The van der Waals surface area contributed by atoms with Crippen LogP contribution in [0.1, 0.15) is 44.3 Å². The van der Waals surface area contributed by atoms with Gasteiger partial charge in [0.05, 0.1) is 11.3 Å². The highest BCUT2D eigenvalue weighted by Gasteiger charge is 2.28. The predicted molar refractivity (Wildman–Crippen MR) is 103 cm³/mol. The van der Waals surface area contributed by atoms with Crippen LogP contribution in [0.3, 0.4) is 0 Å². The van der Waals surface area contributed by atoms with Gasteiger partial charge in [-0.3, -0.25) is 14.9 Å². The molecule has 1 atom stereocenters. The molecule has 6 heteroatoms. The minimum absolute atomic E-state index is 0.0258. The van der Waals surface area contributed by atoms with Crippen LogP contribution in [0.5, 0.6) is 0 Å². The van der Waals surface area contributed by atoms with Crippen LogP contribution in [0.2, 0.25) is 5.02 Å². The summed E-state index contributed by atoms with van der Waals surface area (Å²) >= 11 is 5.93. The van der Waals surface area contributed by atoms with Crippen molar-refractivity contribution < 1.29 is 9.59 Å². The van der Waals surface area contributed by atoms with Crippen LogP contribution in [0.25, 0.3) is 0 Å². The number of carbonyl (C=O) groups is 2. The number of anilines is 1. The van der Waals surface area contributed by atoms with Crippen molar-refractivity contribution >= 4 is 29.2 Å². The molecule has 0 aliphatic heterocycles. The maximum atomic E-state index is 12.5. The summed E-state index contributed by atoms with van der Waals surface area (Å²) in [6, 6.07) is 16.6. The van der Waals surface area contributed by atoms with Crippen LogP contribution in [0.15, 0.2) is 60.8 Å². The summed E-state index contributed by atoms with van der Waals surface area (Å²) in [4.78, 5) is 33.4. The summed E-state index contributed by atoms with van der Waals surface area (Å²) in [6.07, 6.45) is 2.57. The predicted octanol–water partition coefficient (Wildman–Crippen LogP) is 4.30. The minimum Gasteiger partial charge on any atom is -0.294 e. The van der Waals surface area contributed by atoms with Gasteiger partial charge in [0.2, 0.25) is 5.95 Å². The zero-order valence-corrected chi connectivity index (χ0v) is 15.1. The van der Waals surface area contributed by atoms with E-state index in [1.54, 1.807) is 24.3 Å². The van der Waals surface area contributed by atoms with Gasteiger partial charge in [-0.1, -0.05) is 48.0 Å². The molecule has 0 saturated carbocycles. The van der Waals surface area contributed by atoms with E-state index in [0.29, 0.717) is 34.7 Å². The summed E-state index contributed by atoms with van der Waals surface area (Å²) in [5.41, 5.74) is 2.72. The second kappa shape index (κ2) is 7.29. The fourth-order valence-corrected chi connectivity index (χ4v) is 3.46. The average molecular weight is 378 g/mol. The fraction of sp³-hybridized carbons (Fsp3) is 0.143. The number of nitrogens with one attached hydrogen (secondary N) is 1. The topological polar surface area (TPSA) is 72.0 Å². The molecular weight excluding hydrogens is 362 g/mol. The molecule has 134 valence electrons. The van der Waals surface area contributed by atoms with Crippen molar-refractivity contribution in [1.29, 1.82) is 0 Å². The molecule has 5 nitrogen and oxygen atoms in total. The smallest absolute Gasteiger partial charge is 0.258 e. The lowest BCUT2D eigenvalue weighted by Gasteiger charge is -2.23. The number of nitrogens with zero attached hydrogens (tertiary/aromatic N) is 2. The highest BCUT2D eigenvalue weighted by molar-refractivity contribution is 6.31. The number of amides is 1. The number of aromatic nitrogens is 2. The molecule has 0 spiro atoms. The van der Waals surface area contributed by atoms with E-state index in [2.05, 4.69) is 15.3 Å². The van der Waals surface area contributed by atoms with Crippen LogP contribution in [-0.2, 0) is 6.42 Å². The molecule has 1 heterocycles. The number of benzene rings is 2. The first-order chi connectivity index (χ1) is 13.1. The van der Waals surface area contributed by atoms with Gasteiger partial charge in [-0.2, -0.15) is 0 Å². The first-order valence-corrected chi connectivity index (χ1v) is 8.99. The average Bonchev–Trinajstić information content (AvgIpc) is 2.68. The van der Waals surface area contributed by atoms with E-state index in [0.717, 1.165) is 5.56 Å². The number of hydrogen-bond donors (Lipinski definition) is 1. The maximum Gasteiger partial charge on any atom is 0.258 e. The first-order valence-electron chi connectivity index (χ1n) is 8.61. The Balaban J connectivity index is 1.58. The van der Waals surface area contributed by atoms with E-state index in [1.165, 1.54) is 6.20 Å². The molecule has 0 bridgehead atoms. The summed E-state index contributed by atoms with van der Waals surface area (Å²) in [5, 5.41) is 3.15. The van der Waals surface area contributed by atoms with Crippen LogP contribution >= 0.6 is 11.6 Å². The zero-order chi connectivity index (χ0) is 18.8. The molecule has 0 radical (unpaired) electrons. The summed E-state index contributed by atoms with van der Waals surface area (Å²) in [6.45, 7) is 0. The van der Waals surface area contributed by atoms with E-state index in [4.69, 9.17) is 11.6 Å². The molecule has 0 saturated heterocycles. The Hall–Kier alpha value is -3.05. The molecule has 0 fully saturated rings. The third kappa shape index (κ3) is 3.73. The van der Waals surface area contributed by atoms with Gasteiger partial charge >= 0.3 is 0 Å². The van der Waals surface area contributed by atoms with Gasteiger partial charge in [0.1, 0.15) is 0 Å². The molecule has 1 aliphatic rings. The Bertz CT molecular complexity index is 1020. The number of halogens is 1. The van der Waals surface area contributed by atoms with Gasteiger partial charge in [0, 0.05) is 23.2 Å². The standard InChI is InChI=1S/C21H16ClN3O2/c22-16-8-4-7-14(9-16)20(27)25-21-23-12-17-18(24-21)10-15(11-19(17)26)13-5-2-1-3-6-13/h1-9,12,15H,10-11H2,(H,23,24,25,27)/t15-/m1/s1. The number of Topliss-reactive ketones (excluding diaryl/α,β-unsaturated/α-hetero) is 1. The van der Waals surface area contributed by atoms with Gasteiger partial charge in [0.15, 0.2) is 5.78 Å². The van der Waals surface area contributed by atoms with Crippen LogP contribution < -0.4 is 5.32 Å². The maximum absolute atomic E-state index is 12.5. The molecule has 1 amide bonds. The second-order valence-electron chi connectivity index (χ2n) is 6.46. The van der Waals surface area contributed by atoms with Crippen molar-refractivity contribution in [1.82, 2.24) is 9.97 Å². The molecule has 27 heavy (non-hydrogen) atoms. The quantitative estimate of drug-likeness (QED) is 0.738. The zero-order valence-electron chi connectivity index (χ0n) is 14.4. The molecule has 2 aromatic carbocycles. The lowest BCUT2D eigenvalue weighted by Crippen LogP contribution is -2.22. The molecule has 1 aromatic heterocycles. The Morgan fingerprint density at radius 1 is 1.07 bits per heavy atom. The number of carbonyl (C=O) groups excluding carboxylic acids is 2. The lowest BCUT2D eigenvalue weighted by molar-refractivity contribution is 0.0962. The summed E-state index contributed by atoms with van der Waals surface area (Å²) in [7, 11) is 0. The van der Waals surface area contributed by atoms with Crippen LogP contribution in [-0.4, -0.2) is 21.7 Å². The Labute approximate surface area is 161 Å². The summed E-state index contributed by atoms with van der Waals surface area (Å²) in [5.74, 6) is -0.0603. The van der Waals surface area contributed by atoms with Gasteiger partial charge in [0.25, 0.3) is 5.91 Å². The van der Waals surface area contributed by atoms with Gasteiger partial charge in [-0.15, -0.1) is 0 Å². The number of fused-ring (bicyclic) bond motifs is 1. The molecule has 3 aromatic rings. The number of rotatable bonds is 3. The normalized spacial score (nSPS) is 15.9. The Kier molecular flexibility index (Phi) is 4.69. The first kappa shape index (κ1) is 17.4. The molecule has 1 N–H and O–H groups in total. The number of hydrogen-bond acceptors (Lipinski definition) is 4. The van der Waals surface area contributed by atoms with E-state index >= 15 is 0 Å². The second-order valence-corrected chi connectivity index (χ2v) is 6.89. The lowest BCUT2D eigenvalue weighted by atomic mass is 9.82. The largest absolute Gasteiger partial charge is 0.294 e. The van der Waals surface area contributed by atoms with Gasteiger partial charge in [-0.05, 0) is 36.1 Å². The summed E-state index contributed by atoms with van der Waals surface area (Å²) < 4.78 is 0. The monoisotopic (exact) mass is 377 g/mol. The van der Waals surface area contributed by atoms with Crippen molar-refractivity contribution in [3.63, 3.8) is 0 Å². The van der Waals surface area contributed by atoms with Crippen molar-refractivity contribution in [3.05, 3.63) is 88.2 Å². The third-order valence-corrected chi connectivity index (χ3v) is 4.86. The van der Waals surface area contributed by atoms with Gasteiger partial charge in [-0.25, -0.2) is 9.97 Å². The third-order valence-electron chi connectivity index (χ3n) is 4.62. The van der Waals surface area contributed by atoms with Crippen molar-refractivity contribution in [2.45, 2.75) is 18.8 Å². The fourth-order valence-electron chi connectivity index (χ4n) is 3.27. The molecule has 1 aliphatic carbocycles. The molecular formula is C21H16ClN3O2. The van der Waals surface area contributed by atoms with E-state index in [1.807, 2.05) is 30.3 Å². The molecule has 0 unspecified atom stereocenters. The molecule has 4 rings (SSSR count). The Morgan fingerprint density at radius 2 is 1.89 bits per heavy atom. The number of ketones is 1. The van der Waals surface area contributed by atoms with E-state index < -0.39 is 0 Å². The van der Waals surface area contributed by atoms with E-state index in [-0.39, 0.29) is 23.6 Å². The van der Waals surface area contributed by atoms with Crippen LogP contribution in [0.4, 0.5) is 5.95 Å². The Morgan fingerprint density at radius 3 is 2.67 bits per heavy atom.